The van der Waals surface area contributed by atoms with E-state index in [4.69, 9.17) is 5.73 Å². The van der Waals surface area contributed by atoms with E-state index in [1.165, 1.54) is 6.07 Å². The van der Waals surface area contributed by atoms with Gasteiger partial charge < -0.3 is 16.4 Å². The molecule has 4 N–H and O–H groups in total. The minimum atomic E-state index is -4.64. The quantitative estimate of drug-likeness (QED) is 0.513. The summed E-state index contributed by atoms with van der Waals surface area (Å²) in [7, 11) is 0. The fraction of sp³-hybridized carbons (Fsp3) is 0.227. The molecule has 1 amide bonds. The lowest BCUT2D eigenvalue weighted by atomic mass is 9.94. The van der Waals surface area contributed by atoms with E-state index in [1.54, 1.807) is 32.9 Å². The van der Waals surface area contributed by atoms with Crippen molar-refractivity contribution in [2.24, 2.45) is 5.73 Å². The van der Waals surface area contributed by atoms with Crippen LogP contribution in [-0.4, -0.2) is 15.9 Å². The molecular weight excluding hydrogens is 407 g/mol. The number of halogens is 3. The number of primary amides is 1. The predicted octanol–water partition coefficient (Wildman–Crippen LogP) is 4.99. The zero-order valence-corrected chi connectivity index (χ0v) is 17.2. The maximum atomic E-state index is 13.6. The topological polar surface area (TPSA) is 92.9 Å². The third-order valence-corrected chi connectivity index (χ3v) is 4.79. The Morgan fingerprint density at radius 2 is 1.74 bits per heavy atom. The van der Waals surface area contributed by atoms with E-state index in [0.29, 0.717) is 5.69 Å². The van der Waals surface area contributed by atoms with Crippen molar-refractivity contribution in [1.82, 2.24) is 9.97 Å². The van der Waals surface area contributed by atoms with Crippen molar-refractivity contribution >= 4 is 23.4 Å². The number of amides is 1. The van der Waals surface area contributed by atoms with Crippen LogP contribution < -0.4 is 16.4 Å². The van der Waals surface area contributed by atoms with Gasteiger partial charge in [-0.15, -0.1) is 0 Å². The standard InChI is InChI=1S/C22H22F3N5O/c1-13-9-10-14(18(26)31)11-17(13)28-20-27-12-16(22(23,24)25)19(29-20)30-21(2,3)15-7-5-4-6-8-15/h4-12H,1-3H3,(H2,26,31)(H2,27,28,29,30). The van der Waals surface area contributed by atoms with Crippen molar-refractivity contribution in [3.63, 3.8) is 0 Å². The first-order valence-corrected chi connectivity index (χ1v) is 9.43. The summed E-state index contributed by atoms with van der Waals surface area (Å²) < 4.78 is 40.8. The Morgan fingerprint density at radius 3 is 2.35 bits per heavy atom. The average molecular weight is 429 g/mol. The van der Waals surface area contributed by atoms with Crippen LogP contribution in [0.15, 0.2) is 54.7 Å². The molecule has 3 aromatic rings. The zero-order chi connectivity index (χ0) is 22.8. The number of alkyl halides is 3. The molecule has 162 valence electrons. The van der Waals surface area contributed by atoms with Crippen molar-refractivity contribution in [3.8, 4) is 0 Å². The Balaban J connectivity index is 2.00. The lowest BCUT2D eigenvalue weighted by Gasteiger charge is -2.29. The second-order valence-electron chi connectivity index (χ2n) is 7.59. The molecule has 0 aliphatic heterocycles. The Kier molecular flexibility index (Phi) is 5.88. The first-order valence-electron chi connectivity index (χ1n) is 9.43. The number of nitrogens with zero attached hydrogens (tertiary/aromatic N) is 2. The van der Waals surface area contributed by atoms with Gasteiger partial charge in [-0.1, -0.05) is 36.4 Å². The monoisotopic (exact) mass is 429 g/mol. The Labute approximate surface area is 177 Å². The van der Waals surface area contributed by atoms with E-state index in [0.717, 1.165) is 17.3 Å². The lowest BCUT2D eigenvalue weighted by molar-refractivity contribution is -0.137. The number of hydrogen-bond acceptors (Lipinski definition) is 5. The van der Waals surface area contributed by atoms with E-state index in [9.17, 15) is 18.0 Å². The molecule has 0 aliphatic carbocycles. The van der Waals surface area contributed by atoms with Gasteiger partial charge in [-0.2, -0.15) is 18.2 Å². The molecular formula is C22H22F3N5O. The summed E-state index contributed by atoms with van der Waals surface area (Å²) in [6, 6.07) is 13.8. The molecule has 1 aromatic heterocycles. The number of carbonyl (C=O) groups is 1. The molecule has 31 heavy (non-hydrogen) atoms. The number of nitrogens with two attached hydrogens (primary N) is 1. The lowest BCUT2D eigenvalue weighted by Crippen LogP contribution is -2.30. The summed E-state index contributed by atoms with van der Waals surface area (Å²) in [6.45, 7) is 5.30. The van der Waals surface area contributed by atoms with Crippen LogP contribution in [-0.2, 0) is 11.7 Å². The molecule has 0 fully saturated rings. The van der Waals surface area contributed by atoms with Gasteiger partial charge in [0.1, 0.15) is 11.4 Å². The van der Waals surface area contributed by atoms with Crippen molar-refractivity contribution in [1.29, 1.82) is 0 Å². The normalized spacial score (nSPS) is 11.8. The fourth-order valence-corrected chi connectivity index (χ4v) is 3.00. The van der Waals surface area contributed by atoms with Gasteiger partial charge in [0, 0.05) is 17.4 Å². The highest BCUT2D eigenvalue weighted by molar-refractivity contribution is 5.94. The van der Waals surface area contributed by atoms with E-state index < -0.39 is 23.2 Å². The van der Waals surface area contributed by atoms with Gasteiger partial charge in [0.05, 0.1) is 5.54 Å². The second kappa shape index (κ2) is 8.25. The molecule has 3 rings (SSSR count). The summed E-state index contributed by atoms with van der Waals surface area (Å²) in [5.74, 6) is -1.03. The third kappa shape index (κ3) is 5.11. The smallest absolute Gasteiger partial charge is 0.366 e. The highest BCUT2D eigenvalue weighted by atomic mass is 19.4. The molecule has 0 spiro atoms. The van der Waals surface area contributed by atoms with Gasteiger partial charge in [0.25, 0.3) is 0 Å². The zero-order valence-electron chi connectivity index (χ0n) is 17.2. The minimum absolute atomic E-state index is 0.0518. The molecule has 0 aliphatic rings. The van der Waals surface area contributed by atoms with Crippen LogP contribution in [0, 0.1) is 6.92 Å². The Hall–Kier alpha value is -3.62. The van der Waals surface area contributed by atoms with Gasteiger partial charge in [0.2, 0.25) is 11.9 Å². The number of carbonyl (C=O) groups excluding carboxylic acids is 1. The number of rotatable bonds is 6. The number of nitrogens with one attached hydrogen (secondary N) is 2. The van der Waals surface area contributed by atoms with E-state index in [2.05, 4.69) is 20.6 Å². The van der Waals surface area contributed by atoms with Crippen LogP contribution in [0.3, 0.4) is 0 Å². The van der Waals surface area contributed by atoms with Gasteiger partial charge in [-0.25, -0.2) is 4.98 Å². The SMILES string of the molecule is Cc1ccc(C(N)=O)cc1Nc1ncc(C(F)(F)F)c(NC(C)(C)c2ccccc2)n1. The molecule has 0 saturated heterocycles. The van der Waals surface area contributed by atoms with Crippen LogP contribution in [0.2, 0.25) is 0 Å². The number of aryl methyl sites for hydroxylation is 1. The molecule has 9 heteroatoms. The van der Waals surface area contributed by atoms with E-state index in [1.807, 2.05) is 30.3 Å². The van der Waals surface area contributed by atoms with Crippen molar-refractivity contribution < 1.29 is 18.0 Å². The second-order valence-corrected chi connectivity index (χ2v) is 7.59. The number of aromatic nitrogens is 2. The van der Waals surface area contributed by atoms with Gasteiger partial charge >= 0.3 is 6.18 Å². The van der Waals surface area contributed by atoms with Crippen molar-refractivity contribution in [3.05, 3.63) is 77.0 Å². The van der Waals surface area contributed by atoms with Crippen LogP contribution >= 0.6 is 0 Å². The molecule has 6 nitrogen and oxygen atoms in total. The molecule has 0 saturated carbocycles. The first-order chi connectivity index (χ1) is 14.5. The average Bonchev–Trinajstić information content (AvgIpc) is 2.69. The van der Waals surface area contributed by atoms with E-state index >= 15 is 0 Å². The molecule has 0 atom stereocenters. The van der Waals surface area contributed by atoms with Crippen LogP contribution in [0.5, 0.6) is 0 Å². The van der Waals surface area contributed by atoms with E-state index in [-0.39, 0.29) is 17.3 Å². The largest absolute Gasteiger partial charge is 0.421 e. The predicted molar refractivity (Wildman–Crippen MR) is 113 cm³/mol. The van der Waals surface area contributed by atoms with Gasteiger partial charge in [0.15, 0.2) is 0 Å². The Bertz CT molecular complexity index is 1100. The number of anilines is 3. The molecule has 0 unspecified atom stereocenters. The summed E-state index contributed by atoms with van der Waals surface area (Å²) in [5.41, 5.74) is 5.74. The van der Waals surface area contributed by atoms with Crippen LogP contribution in [0.4, 0.5) is 30.6 Å². The highest BCUT2D eigenvalue weighted by Crippen LogP contribution is 2.36. The molecule has 2 aromatic carbocycles. The van der Waals surface area contributed by atoms with Gasteiger partial charge in [-0.05, 0) is 44.0 Å². The third-order valence-electron chi connectivity index (χ3n) is 4.79. The maximum absolute atomic E-state index is 13.6. The first kappa shape index (κ1) is 22.1. The van der Waals surface area contributed by atoms with Gasteiger partial charge in [-0.3, -0.25) is 4.79 Å². The summed E-state index contributed by atoms with van der Waals surface area (Å²) in [5, 5.41) is 5.77. The maximum Gasteiger partial charge on any atom is 0.421 e. The highest BCUT2D eigenvalue weighted by Gasteiger charge is 2.37. The molecule has 1 heterocycles. The Morgan fingerprint density at radius 1 is 1.06 bits per heavy atom. The summed E-state index contributed by atoms with van der Waals surface area (Å²) in [6.07, 6.45) is -3.92. The fourth-order valence-electron chi connectivity index (χ4n) is 3.00. The number of benzene rings is 2. The molecule has 0 radical (unpaired) electrons. The minimum Gasteiger partial charge on any atom is -0.366 e. The van der Waals surface area contributed by atoms with Crippen LogP contribution in [0.1, 0.15) is 40.9 Å². The van der Waals surface area contributed by atoms with Crippen LogP contribution in [0.25, 0.3) is 0 Å². The van der Waals surface area contributed by atoms with Crippen molar-refractivity contribution in [2.75, 3.05) is 10.6 Å². The summed E-state index contributed by atoms with van der Waals surface area (Å²) in [4.78, 5) is 19.4. The molecule has 0 bridgehead atoms. The van der Waals surface area contributed by atoms with Crippen molar-refractivity contribution in [2.45, 2.75) is 32.5 Å². The summed E-state index contributed by atoms with van der Waals surface area (Å²) >= 11 is 0. The number of hydrogen-bond donors (Lipinski definition) is 3.